The predicted octanol–water partition coefficient (Wildman–Crippen LogP) is 5.27. The number of unbranched alkanes of at least 4 members (excludes halogenated alkanes) is 1. The van der Waals surface area contributed by atoms with Crippen molar-refractivity contribution >= 4 is 39.5 Å². The number of hydrogen-bond donors (Lipinski definition) is 0. The van der Waals surface area contributed by atoms with Crippen molar-refractivity contribution in [2.24, 2.45) is 0 Å². The van der Waals surface area contributed by atoms with Crippen LogP contribution in [0.15, 0.2) is 30.3 Å². The Labute approximate surface area is 121 Å². The van der Waals surface area contributed by atoms with Crippen LogP contribution in [-0.2, 0) is 4.08 Å². The highest BCUT2D eigenvalue weighted by atomic mass is 79.9. The molecule has 0 nitrogen and oxygen atoms in total. The monoisotopic (exact) mass is 330 g/mol. The summed E-state index contributed by atoms with van der Waals surface area (Å²) in [6.45, 7) is 0. The summed E-state index contributed by atoms with van der Waals surface area (Å²) < 4.78 is 0.335. The van der Waals surface area contributed by atoms with Crippen LogP contribution in [0, 0.1) is 0 Å². The van der Waals surface area contributed by atoms with Crippen LogP contribution in [0.5, 0.6) is 0 Å². The molecule has 0 saturated carbocycles. The first-order valence-electron chi connectivity index (χ1n) is 6.27. The van der Waals surface area contributed by atoms with E-state index < -0.39 is 0 Å². The SMILES string of the molecule is BrCCCCC1(c2ccccc2)SCCCS1. The van der Waals surface area contributed by atoms with Crippen molar-refractivity contribution in [2.75, 3.05) is 16.8 Å². The Morgan fingerprint density at radius 3 is 2.41 bits per heavy atom. The van der Waals surface area contributed by atoms with Gasteiger partial charge in [-0.3, -0.25) is 0 Å². The van der Waals surface area contributed by atoms with Crippen molar-refractivity contribution in [3.05, 3.63) is 35.9 Å². The Morgan fingerprint density at radius 1 is 1.06 bits per heavy atom. The highest BCUT2D eigenvalue weighted by Crippen LogP contribution is 2.53. The first-order valence-corrected chi connectivity index (χ1v) is 9.36. The average molecular weight is 331 g/mol. The number of alkyl halides is 1. The fourth-order valence-corrected chi connectivity index (χ4v) is 6.01. The maximum atomic E-state index is 3.53. The lowest BCUT2D eigenvalue weighted by atomic mass is 10.1. The van der Waals surface area contributed by atoms with Gasteiger partial charge in [0, 0.05) is 5.33 Å². The number of halogens is 1. The molecule has 17 heavy (non-hydrogen) atoms. The van der Waals surface area contributed by atoms with Gasteiger partial charge in [0.25, 0.3) is 0 Å². The lowest BCUT2D eigenvalue weighted by Gasteiger charge is -2.36. The normalized spacial score (nSPS) is 19.1. The molecule has 0 unspecified atom stereocenters. The minimum Gasteiger partial charge on any atom is -0.139 e. The third kappa shape index (κ3) is 3.68. The zero-order chi connectivity index (χ0) is 12.0. The summed E-state index contributed by atoms with van der Waals surface area (Å²) in [5.41, 5.74) is 1.52. The maximum Gasteiger partial charge on any atom is 0.0860 e. The van der Waals surface area contributed by atoms with E-state index in [1.807, 2.05) is 0 Å². The molecule has 1 heterocycles. The van der Waals surface area contributed by atoms with Gasteiger partial charge in [0.1, 0.15) is 0 Å². The van der Waals surface area contributed by atoms with Crippen molar-refractivity contribution in [1.82, 2.24) is 0 Å². The molecule has 0 N–H and O–H groups in total. The van der Waals surface area contributed by atoms with E-state index in [0.29, 0.717) is 4.08 Å². The van der Waals surface area contributed by atoms with Crippen molar-refractivity contribution in [3.63, 3.8) is 0 Å². The molecule has 1 aliphatic heterocycles. The van der Waals surface area contributed by atoms with Gasteiger partial charge in [0.05, 0.1) is 4.08 Å². The van der Waals surface area contributed by atoms with Gasteiger partial charge < -0.3 is 0 Å². The molecule has 94 valence electrons. The van der Waals surface area contributed by atoms with Gasteiger partial charge in [-0.1, -0.05) is 52.7 Å². The van der Waals surface area contributed by atoms with Crippen LogP contribution in [0.3, 0.4) is 0 Å². The van der Waals surface area contributed by atoms with Crippen molar-refractivity contribution in [2.45, 2.75) is 29.8 Å². The first kappa shape index (κ1) is 13.8. The van der Waals surface area contributed by atoms with Crippen molar-refractivity contribution in [1.29, 1.82) is 0 Å². The van der Waals surface area contributed by atoms with E-state index in [2.05, 4.69) is 69.8 Å². The van der Waals surface area contributed by atoms with E-state index in [1.54, 1.807) is 0 Å². The zero-order valence-corrected chi connectivity index (χ0v) is 13.2. The van der Waals surface area contributed by atoms with E-state index >= 15 is 0 Å². The summed E-state index contributed by atoms with van der Waals surface area (Å²) in [5, 5.41) is 1.13. The fourth-order valence-electron chi connectivity index (χ4n) is 2.17. The molecule has 0 aromatic heterocycles. The van der Waals surface area contributed by atoms with Crippen LogP contribution < -0.4 is 0 Å². The topological polar surface area (TPSA) is 0 Å². The maximum absolute atomic E-state index is 3.53. The van der Waals surface area contributed by atoms with Crippen LogP contribution in [0.25, 0.3) is 0 Å². The average Bonchev–Trinajstić information content (AvgIpc) is 2.41. The molecule has 0 bridgehead atoms. The molecule has 0 amide bonds. The molecule has 1 fully saturated rings. The summed E-state index contributed by atoms with van der Waals surface area (Å²) in [7, 11) is 0. The van der Waals surface area contributed by atoms with Crippen LogP contribution in [-0.4, -0.2) is 16.8 Å². The van der Waals surface area contributed by atoms with E-state index in [-0.39, 0.29) is 0 Å². The third-order valence-electron chi connectivity index (χ3n) is 3.06. The first-order chi connectivity index (χ1) is 8.37. The van der Waals surface area contributed by atoms with Gasteiger partial charge in [-0.2, -0.15) is 0 Å². The summed E-state index contributed by atoms with van der Waals surface area (Å²) in [6, 6.07) is 11.1. The van der Waals surface area contributed by atoms with E-state index in [0.717, 1.165) is 5.33 Å². The Morgan fingerprint density at radius 2 is 1.76 bits per heavy atom. The molecule has 2 rings (SSSR count). The van der Waals surface area contributed by atoms with E-state index in [9.17, 15) is 0 Å². The summed E-state index contributed by atoms with van der Waals surface area (Å²) in [5.74, 6) is 2.63. The molecule has 1 aliphatic rings. The standard InChI is InChI=1S/C14H19BrS2/c15-10-5-4-9-14(16-11-6-12-17-14)13-7-2-1-3-8-13/h1-3,7-8H,4-6,9-12H2. The minimum absolute atomic E-state index is 0.335. The second-order valence-corrected chi connectivity index (χ2v) is 8.15. The lowest BCUT2D eigenvalue weighted by molar-refractivity contribution is 0.676. The summed E-state index contributed by atoms with van der Waals surface area (Å²) >= 11 is 7.86. The van der Waals surface area contributed by atoms with Gasteiger partial charge in [-0.05, 0) is 36.3 Å². The van der Waals surface area contributed by atoms with Gasteiger partial charge >= 0.3 is 0 Å². The third-order valence-corrected chi connectivity index (χ3v) is 7.13. The Balaban J connectivity index is 2.11. The van der Waals surface area contributed by atoms with Crippen LogP contribution >= 0.6 is 39.5 Å². The van der Waals surface area contributed by atoms with Gasteiger partial charge in [-0.25, -0.2) is 0 Å². The fraction of sp³-hybridized carbons (Fsp3) is 0.571. The zero-order valence-electron chi connectivity index (χ0n) is 10.0. The molecule has 0 atom stereocenters. The molecule has 1 saturated heterocycles. The molecular formula is C14H19BrS2. The molecule has 0 radical (unpaired) electrons. The largest absolute Gasteiger partial charge is 0.139 e. The lowest BCUT2D eigenvalue weighted by Crippen LogP contribution is -2.22. The smallest absolute Gasteiger partial charge is 0.0860 e. The Bertz CT molecular complexity index is 320. The van der Waals surface area contributed by atoms with Gasteiger partial charge in [0.15, 0.2) is 0 Å². The highest BCUT2D eigenvalue weighted by Gasteiger charge is 2.34. The summed E-state index contributed by atoms with van der Waals surface area (Å²) in [4.78, 5) is 0. The molecule has 0 spiro atoms. The van der Waals surface area contributed by atoms with Gasteiger partial charge in [0.2, 0.25) is 0 Å². The van der Waals surface area contributed by atoms with Crippen molar-refractivity contribution < 1.29 is 0 Å². The highest BCUT2D eigenvalue weighted by molar-refractivity contribution is 9.09. The predicted molar refractivity (Wildman–Crippen MR) is 85.3 cm³/mol. The quantitative estimate of drug-likeness (QED) is 0.532. The number of thioether (sulfide) groups is 2. The number of hydrogen-bond acceptors (Lipinski definition) is 2. The molecule has 0 aliphatic carbocycles. The molecule has 1 aromatic rings. The Kier molecular flexibility index (Phi) is 5.78. The van der Waals surface area contributed by atoms with E-state index in [1.165, 1.54) is 42.8 Å². The number of benzene rings is 1. The summed E-state index contributed by atoms with van der Waals surface area (Å²) in [6.07, 6.45) is 5.27. The second-order valence-electron chi connectivity index (χ2n) is 4.32. The van der Waals surface area contributed by atoms with Crippen LogP contribution in [0.1, 0.15) is 31.2 Å². The molecule has 1 aromatic carbocycles. The van der Waals surface area contributed by atoms with Crippen molar-refractivity contribution in [3.8, 4) is 0 Å². The Hall–Kier alpha value is 0.400. The van der Waals surface area contributed by atoms with E-state index in [4.69, 9.17) is 0 Å². The minimum atomic E-state index is 0.335. The second kappa shape index (κ2) is 7.10. The number of rotatable bonds is 5. The van der Waals surface area contributed by atoms with Gasteiger partial charge in [-0.15, -0.1) is 23.5 Å². The van der Waals surface area contributed by atoms with Crippen LogP contribution in [0.4, 0.5) is 0 Å². The molecular weight excluding hydrogens is 312 g/mol. The van der Waals surface area contributed by atoms with Crippen LogP contribution in [0.2, 0.25) is 0 Å². The molecule has 3 heteroatoms.